The summed E-state index contributed by atoms with van der Waals surface area (Å²) in [5.41, 5.74) is 5.37. The van der Waals surface area contributed by atoms with Crippen LogP contribution in [0.15, 0.2) is 36.4 Å². The number of unbranched alkanes of at least 4 members (excludes halogenated alkanes) is 1. The van der Waals surface area contributed by atoms with Crippen molar-refractivity contribution in [1.82, 2.24) is 5.32 Å². The molecule has 0 saturated heterocycles. The van der Waals surface area contributed by atoms with Crippen molar-refractivity contribution in [2.75, 3.05) is 13.2 Å². The van der Waals surface area contributed by atoms with Crippen molar-refractivity contribution in [3.05, 3.63) is 57.6 Å². The number of phenols is 1. The third kappa shape index (κ3) is 8.11. The van der Waals surface area contributed by atoms with E-state index in [9.17, 15) is 14.7 Å². The summed E-state index contributed by atoms with van der Waals surface area (Å²) in [6.07, 6.45) is 1.64. The fourth-order valence-corrected chi connectivity index (χ4v) is 3.53. The van der Waals surface area contributed by atoms with Crippen molar-refractivity contribution in [3.8, 4) is 11.5 Å². The van der Waals surface area contributed by atoms with Crippen molar-refractivity contribution in [2.24, 2.45) is 5.73 Å². The van der Waals surface area contributed by atoms with Crippen LogP contribution in [0.3, 0.4) is 0 Å². The first-order valence-electron chi connectivity index (χ1n) is 10.6. The summed E-state index contributed by atoms with van der Waals surface area (Å²) in [5, 5.41) is 13.0. The SMILES string of the molecule is CC(C)(C)OC(=O)[C@H](Cc1ccccc1)NC(=O)c1cc(Cl)c(OCCCCN)c(Cl)c1O. The minimum absolute atomic E-state index is 0.0626. The molecule has 0 aliphatic rings. The van der Waals surface area contributed by atoms with E-state index in [0.29, 0.717) is 19.6 Å². The molecule has 0 aliphatic carbocycles. The molecule has 0 radical (unpaired) electrons. The summed E-state index contributed by atoms with van der Waals surface area (Å²) in [4.78, 5) is 25.8. The number of esters is 1. The smallest absolute Gasteiger partial charge is 0.329 e. The number of amides is 1. The molecule has 0 bridgehead atoms. The molecule has 0 saturated carbocycles. The normalized spacial score (nSPS) is 12.2. The molecule has 2 aromatic rings. The number of hydrogen-bond acceptors (Lipinski definition) is 6. The first kappa shape index (κ1) is 26.8. The van der Waals surface area contributed by atoms with Crippen molar-refractivity contribution >= 4 is 35.1 Å². The highest BCUT2D eigenvalue weighted by molar-refractivity contribution is 6.39. The molecule has 33 heavy (non-hydrogen) atoms. The maximum absolute atomic E-state index is 13.0. The molecule has 4 N–H and O–H groups in total. The summed E-state index contributed by atoms with van der Waals surface area (Å²) in [5.74, 6) is -1.73. The van der Waals surface area contributed by atoms with Gasteiger partial charge >= 0.3 is 5.97 Å². The Hall–Kier alpha value is -2.48. The molecule has 0 unspecified atom stereocenters. The zero-order valence-electron chi connectivity index (χ0n) is 19.0. The van der Waals surface area contributed by atoms with Crippen LogP contribution >= 0.6 is 23.2 Å². The van der Waals surface area contributed by atoms with E-state index in [-0.39, 0.29) is 27.8 Å². The Morgan fingerprint density at radius 3 is 2.42 bits per heavy atom. The van der Waals surface area contributed by atoms with Gasteiger partial charge in [-0.15, -0.1) is 0 Å². The van der Waals surface area contributed by atoms with E-state index in [1.165, 1.54) is 6.07 Å². The molecule has 180 valence electrons. The van der Waals surface area contributed by atoms with Crippen LogP contribution in [-0.4, -0.2) is 41.8 Å². The summed E-state index contributed by atoms with van der Waals surface area (Å²) >= 11 is 12.5. The number of aromatic hydroxyl groups is 1. The lowest BCUT2D eigenvalue weighted by Crippen LogP contribution is -2.45. The molecule has 1 amide bonds. The van der Waals surface area contributed by atoms with Crippen LogP contribution in [-0.2, 0) is 16.0 Å². The topological polar surface area (TPSA) is 111 Å². The van der Waals surface area contributed by atoms with E-state index < -0.39 is 29.3 Å². The number of halogens is 2. The molecule has 7 nitrogen and oxygen atoms in total. The van der Waals surface area contributed by atoms with Crippen LogP contribution in [0.4, 0.5) is 0 Å². The predicted molar refractivity (Wildman–Crippen MR) is 129 cm³/mol. The number of carbonyl (C=O) groups is 2. The van der Waals surface area contributed by atoms with E-state index in [0.717, 1.165) is 12.0 Å². The number of carbonyl (C=O) groups excluding carboxylic acids is 2. The largest absolute Gasteiger partial charge is 0.505 e. The van der Waals surface area contributed by atoms with Gasteiger partial charge in [-0.1, -0.05) is 53.5 Å². The van der Waals surface area contributed by atoms with E-state index in [4.69, 9.17) is 38.4 Å². The minimum Gasteiger partial charge on any atom is -0.505 e. The van der Waals surface area contributed by atoms with Gasteiger partial charge in [0.25, 0.3) is 5.91 Å². The summed E-state index contributed by atoms with van der Waals surface area (Å²) < 4.78 is 11.0. The Kier molecular flexibility index (Phi) is 9.83. The van der Waals surface area contributed by atoms with Crippen LogP contribution in [0.2, 0.25) is 10.0 Å². The highest BCUT2D eigenvalue weighted by Gasteiger charge is 2.29. The van der Waals surface area contributed by atoms with E-state index >= 15 is 0 Å². The molecule has 9 heteroatoms. The molecule has 2 aromatic carbocycles. The lowest BCUT2D eigenvalue weighted by atomic mass is 10.0. The van der Waals surface area contributed by atoms with Gasteiger partial charge in [0.05, 0.1) is 17.2 Å². The number of phenolic OH excluding ortho intramolecular Hbond substituents is 1. The Morgan fingerprint density at radius 2 is 1.82 bits per heavy atom. The monoisotopic (exact) mass is 496 g/mol. The summed E-state index contributed by atoms with van der Waals surface area (Å²) in [6, 6.07) is 9.46. The third-order valence-electron chi connectivity index (χ3n) is 4.52. The Bertz CT molecular complexity index is 962. The predicted octanol–water partition coefficient (Wildman–Crippen LogP) is 4.50. The van der Waals surface area contributed by atoms with Crippen molar-refractivity contribution in [1.29, 1.82) is 0 Å². The van der Waals surface area contributed by atoms with Crippen molar-refractivity contribution < 1.29 is 24.2 Å². The van der Waals surface area contributed by atoms with Gasteiger partial charge in [0, 0.05) is 6.42 Å². The van der Waals surface area contributed by atoms with Crippen LogP contribution in [0, 0.1) is 0 Å². The molecule has 0 heterocycles. The molecular formula is C24H30Cl2N2O5. The van der Waals surface area contributed by atoms with Crippen molar-refractivity contribution in [2.45, 2.75) is 51.7 Å². The van der Waals surface area contributed by atoms with Gasteiger partial charge in [-0.05, 0) is 51.8 Å². The second kappa shape index (κ2) is 12.1. The van der Waals surface area contributed by atoms with Gasteiger partial charge in [0.15, 0.2) is 11.5 Å². The highest BCUT2D eigenvalue weighted by atomic mass is 35.5. The quantitative estimate of drug-likeness (QED) is 0.329. The molecule has 0 aromatic heterocycles. The standard InChI is InChI=1S/C24H30Cl2N2O5/c1-24(2,3)33-23(31)18(13-15-9-5-4-6-10-15)28-22(30)16-14-17(25)21(19(26)20(16)29)32-12-8-7-11-27/h4-6,9-10,14,18,29H,7-8,11-13,27H2,1-3H3,(H,28,30)/t18-/m0/s1. The second-order valence-electron chi connectivity index (χ2n) is 8.49. The van der Waals surface area contributed by atoms with Crippen LogP contribution < -0.4 is 15.8 Å². The first-order chi connectivity index (χ1) is 15.5. The lowest BCUT2D eigenvalue weighted by molar-refractivity contribution is -0.157. The maximum atomic E-state index is 13.0. The Balaban J connectivity index is 2.26. The first-order valence-corrected chi connectivity index (χ1v) is 11.4. The lowest BCUT2D eigenvalue weighted by Gasteiger charge is -2.25. The number of nitrogens with two attached hydrogens (primary N) is 1. The number of rotatable bonds is 10. The average Bonchev–Trinajstić information content (AvgIpc) is 2.74. The Labute approximate surface area is 204 Å². The fraction of sp³-hybridized carbons (Fsp3) is 0.417. The van der Waals surface area contributed by atoms with Gasteiger partial charge < -0.3 is 25.6 Å². The van der Waals surface area contributed by atoms with Crippen LogP contribution in [0.25, 0.3) is 0 Å². The summed E-state index contributed by atoms with van der Waals surface area (Å²) in [7, 11) is 0. The number of hydrogen-bond donors (Lipinski definition) is 3. The van der Waals surface area contributed by atoms with Gasteiger partial charge in [0.2, 0.25) is 0 Å². The Morgan fingerprint density at radius 1 is 1.15 bits per heavy atom. The van der Waals surface area contributed by atoms with E-state index in [1.807, 2.05) is 30.3 Å². The van der Waals surface area contributed by atoms with Gasteiger partial charge in [-0.25, -0.2) is 4.79 Å². The highest BCUT2D eigenvalue weighted by Crippen LogP contribution is 2.42. The van der Waals surface area contributed by atoms with Crippen LogP contribution in [0.5, 0.6) is 11.5 Å². The zero-order valence-corrected chi connectivity index (χ0v) is 20.5. The average molecular weight is 497 g/mol. The molecule has 0 spiro atoms. The zero-order chi connectivity index (χ0) is 24.6. The second-order valence-corrected chi connectivity index (χ2v) is 9.28. The molecule has 1 atom stereocenters. The van der Waals surface area contributed by atoms with Gasteiger partial charge in [-0.2, -0.15) is 0 Å². The maximum Gasteiger partial charge on any atom is 0.329 e. The van der Waals surface area contributed by atoms with E-state index in [2.05, 4.69) is 5.32 Å². The van der Waals surface area contributed by atoms with Crippen molar-refractivity contribution in [3.63, 3.8) is 0 Å². The number of nitrogens with one attached hydrogen (secondary N) is 1. The van der Waals surface area contributed by atoms with Gasteiger partial charge in [0.1, 0.15) is 16.7 Å². The molecule has 0 fully saturated rings. The van der Waals surface area contributed by atoms with E-state index in [1.54, 1.807) is 20.8 Å². The minimum atomic E-state index is -0.997. The fourth-order valence-electron chi connectivity index (χ4n) is 2.97. The number of ether oxygens (including phenoxy) is 2. The van der Waals surface area contributed by atoms with Gasteiger partial charge in [-0.3, -0.25) is 4.79 Å². The van der Waals surface area contributed by atoms with Crippen LogP contribution in [0.1, 0.15) is 49.5 Å². The molecule has 2 rings (SSSR count). The molecular weight excluding hydrogens is 467 g/mol. The summed E-state index contributed by atoms with van der Waals surface area (Å²) in [6.45, 7) is 6.05. The third-order valence-corrected chi connectivity index (χ3v) is 5.15. The number of benzene rings is 2. The molecule has 0 aliphatic heterocycles.